The second kappa shape index (κ2) is 5.30. The standard InChI is InChI=1S/C14H18N2O3/c1-3-10-6-4-5-7-12(10)16-9-11(13(17)18)8-15(2)14(16)19/h4-7,11H,3,8-9H2,1-2H3,(H,17,18). The summed E-state index contributed by atoms with van der Waals surface area (Å²) in [4.78, 5) is 26.4. The molecule has 5 nitrogen and oxygen atoms in total. The molecule has 1 aromatic carbocycles. The third-order valence-electron chi connectivity index (χ3n) is 3.47. The first-order valence-electron chi connectivity index (χ1n) is 6.38. The van der Waals surface area contributed by atoms with Crippen molar-refractivity contribution in [1.82, 2.24) is 4.90 Å². The maximum atomic E-state index is 12.2. The number of aliphatic carboxylic acids is 1. The van der Waals surface area contributed by atoms with Gasteiger partial charge >= 0.3 is 12.0 Å². The van der Waals surface area contributed by atoms with Crippen LogP contribution in [0.5, 0.6) is 0 Å². The molecule has 5 heteroatoms. The number of anilines is 1. The normalized spacial score (nSPS) is 19.7. The summed E-state index contributed by atoms with van der Waals surface area (Å²) in [7, 11) is 1.64. The molecule has 102 valence electrons. The summed E-state index contributed by atoms with van der Waals surface area (Å²) in [6.45, 7) is 2.51. The van der Waals surface area contributed by atoms with Crippen molar-refractivity contribution in [3.8, 4) is 0 Å². The highest BCUT2D eigenvalue weighted by Crippen LogP contribution is 2.26. The molecule has 0 radical (unpaired) electrons. The third-order valence-corrected chi connectivity index (χ3v) is 3.47. The molecule has 1 atom stereocenters. The lowest BCUT2D eigenvalue weighted by Gasteiger charge is -2.37. The SMILES string of the molecule is CCc1ccccc1N1CC(C(=O)O)CN(C)C1=O. The van der Waals surface area contributed by atoms with Crippen LogP contribution in [0.25, 0.3) is 0 Å². The fourth-order valence-electron chi connectivity index (χ4n) is 2.40. The van der Waals surface area contributed by atoms with E-state index < -0.39 is 11.9 Å². The van der Waals surface area contributed by atoms with E-state index in [2.05, 4.69) is 0 Å². The van der Waals surface area contributed by atoms with E-state index in [0.717, 1.165) is 17.7 Å². The van der Waals surface area contributed by atoms with E-state index >= 15 is 0 Å². The minimum atomic E-state index is -0.863. The number of carboxylic acid groups (broad SMARTS) is 1. The molecule has 1 fully saturated rings. The summed E-state index contributed by atoms with van der Waals surface area (Å²) in [6.07, 6.45) is 0.807. The first kappa shape index (κ1) is 13.4. The summed E-state index contributed by atoms with van der Waals surface area (Å²) < 4.78 is 0. The van der Waals surface area contributed by atoms with Gasteiger partial charge in [-0.1, -0.05) is 25.1 Å². The fourth-order valence-corrected chi connectivity index (χ4v) is 2.40. The largest absolute Gasteiger partial charge is 0.481 e. The van der Waals surface area contributed by atoms with E-state index in [9.17, 15) is 9.59 Å². The van der Waals surface area contributed by atoms with Gasteiger partial charge in [-0.25, -0.2) is 4.79 Å². The molecule has 0 spiro atoms. The number of benzene rings is 1. The highest BCUT2D eigenvalue weighted by Gasteiger charge is 2.34. The Balaban J connectivity index is 2.35. The molecule has 1 aliphatic rings. The lowest BCUT2D eigenvalue weighted by Crippen LogP contribution is -2.54. The number of hydrogen-bond acceptors (Lipinski definition) is 2. The number of amides is 2. The van der Waals surface area contributed by atoms with Crippen LogP contribution in [0.2, 0.25) is 0 Å². The van der Waals surface area contributed by atoms with Crippen LogP contribution >= 0.6 is 0 Å². The van der Waals surface area contributed by atoms with Crippen molar-refractivity contribution in [1.29, 1.82) is 0 Å². The number of para-hydroxylation sites is 1. The number of nitrogens with zero attached hydrogens (tertiary/aromatic N) is 2. The predicted octanol–water partition coefficient (Wildman–Crippen LogP) is 1.82. The van der Waals surface area contributed by atoms with Gasteiger partial charge in [-0.15, -0.1) is 0 Å². The summed E-state index contributed by atoms with van der Waals surface area (Å²) in [5, 5.41) is 9.17. The van der Waals surface area contributed by atoms with Crippen molar-refractivity contribution < 1.29 is 14.7 Å². The first-order valence-corrected chi connectivity index (χ1v) is 6.38. The van der Waals surface area contributed by atoms with Gasteiger partial charge in [0.2, 0.25) is 0 Å². The minimum absolute atomic E-state index is 0.140. The van der Waals surface area contributed by atoms with Gasteiger partial charge in [0.1, 0.15) is 0 Å². The number of carbonyl (C=O) groups excluding carboxylic acids is 1. The van der Waals surface area contributed by atoms with Crippen LogP contribution in [0.3, 0.4) is 0 Å². The molecule has 1 heterocycles. The predicted molar refractivity (Wildman–Crippen MR) is 72.3 cm³/mol. The summed E-state index contributed by atoms with van der Waals surface area (Å²) in [5.74, 6) is -1.41. The van der Waals surface area contributed by atoms with Crippen LogP contribution in [-0.2, 0) is 11.2 Å². The van der Waals surface area contributed by atoms with Crippen molar-refractivity contribution in [2.75, 3.05) is 25.0 Å². The highest BCUT2D eigenvalue weighted by molar-refractivity contribution is 5.95. The number of rotatable bonds is 3. The zero-order valence-electron chi connectivity index (χ0n) is 11.2. The van der Waals surface area contributed by atoms with E-state index in [0.29, 0.717) is 0 Å². The summed E-state index contributed by atoms with van der Waals surface area (Å²) in [5.41, 5.74) is 1.86. The zero-order valence-corrected chi connectivity index (χ0v) is 11.2. The Bertz CT molecular complexity index is 501. The van der Waals surface area contributed by atoms with Crippen molar-refractivity contribution in [2.45, 2.75) is 13.3 Å². The van der Waals surface area contributed by atoms with Crippen LogP contribution < -0.4 is 4.90 Å². The Hall–Kier alpha value is -2.04. The van der Waals surface area contributed by atoms with Crippen molar-refractivity contribution in [3.05, 3.63) is 29.8 Å². The van der Waals surface area contributed by atoms with Crippen LogP contribution in [-0.4, -0.2) is 42.1 Å². The number of carboxylic acids is 1. The lowest BCUT2D eigenvalue weighted by atomic mass is 10.0. The molecule has 1 aromatic rings. The van der Waals surface area contributed by atoms with Gasteiger partial charge < -0.3 is 10.0 Å². The maximum Gasteiger partial charge on any atom is 0.324 e. The molecule has 2 amide bonds. The number of urea groups is 1. The van der Waals surface area contributed by atoms with E-state index in [1.807, 2.05) is 31.2 Å². The smallest absolute Gasteiger partial charge is 0.324 e. The van der Waals surface area contributed by atoms with Gasteiger partial charge in [0, 0.05) is 25.8 Å². The fraction of sp³-hybridized carbons (Fsp3) is 0.429. The molecular weight excluding hydrogens is 244 g/mol. The molecule has 1 saturated heterocycles. The third kappa shape index (κ3) is 2.54. The van der Waals surface area contributed by atoms with Crippen molar-refractivity contribution in [2.24, 2.45) is 5.92 Å². The van der Waals surface area contributed by atoms with Crippen LogP contribution in [0.15, 0.2) is 24.3 Å². The second-order valence-electron chi connectivity index (χ2n) is 4.79. The van der Waals surface area contributed by atoms with E-state index in [1.165, 1.54) is 4.90 Å². The van der Waals surface area contributed by atoms with Crippen LogP contribution in [0.1, 0.15) is 12.5 Å². The second-order valence-corrected chi connectivity index (χ2v) is 4.79. The Kier molecular flexibility index (Phi) is 3.74. The van der Waals surface area contributed by atoms with Crippen LogP contribution in [0.4, 0.5) is 10.5 Å². The summed E-state index contributed by atoms with van der Waals surface area (Å²) in [6, 6.07) is 7.49. The number of carbonyl (C=O) groups is 2. The van der Waals surface area contributed by atoms with E-state index in [1.54, 1.807) is 11.9 Å². The minimum Gasteiger partial charge on any atom is -0.481 e. The Morgan fingerprint density at radius 2 is 2.05 bits per heavy atom. The Labute approximate surface area is 112 Å². The van der Waals surface area contributed by atoms with Crippen molar-refractivity contribution >= 4 is 17.7 Å². The van der Waals surface area contributed by atoms with Gasteiger partial charge in [0.05, 0.1) is 5.92 Å². The quantitative estimate of drug-likeness (QED) is 0.904. The molecule has 0 bridgehead atoms. The molecule has 1 aliphatic heterocycles. The van der Waals surface area contributed by atoms with E-state index in [4.69, 9.17) is 5.11 Å². The molecule has 0 aromatic heterocycles. The van der Waals surface area contributed by atoms with Gasteiger partial charge in [-0.2, -0.15) is 0 Å². The number of hydrogen-bond donors (Lipinski definition) is 1. The molecule has 0 aliphatic carbocycles. The maximum absolute atomic E-state index is 12.2. The topological polar surface area (TPSA) is 60.9 Å². The average Bonchev–Trinajstić information content (AvgIpc) is 2.41. The molecule has 19 heavy (non-hydrogen) atoms. The van der Waals surface area contributed by atoms with Crippen molar-refractivity contribution in [3.63, 3.8) is 0 Å². The molecular formula is C14H18N2O3. The van der Waals surface area contributed by atoms with Gasteiger partial charge in [0.25, 0.3) is 0 Å². The van der Waals surface area contributed by atoms with Gasteiger partial charge in [0.15, 0.2) is 0 Å². The Morgan fingerprint density at radius 1 is 1.37 bits per heavy atom. The zero-order chi connectivity index (χ0) is 14.0. The van der Waals surface area contributed by atoms with Gasteiger partial charge in [-0.3, -0.25) is 9.69 Å². The first-order chi connectivity index (χ1) is 9.04. The molecule has 2 rings (SSSR count). The lowest BCUT2D eigenvalue weighted by molar-refractivity contribution is -0.142. The molecule has 1 unspecified atom stereocenters. The molecule has 1 N–H and O–H groups in total. The highest BCUT2D eigenvalue weighted by atomic mass is 16.4. The molecule has 0 saturated carbocycles. The van der Waals surface area contributed by atoms with Crippen LogP contribution in [0, 0.1) is 5.92 Å². The Morgan fingerprint density at radius 3 is 2.68 bits per heavy atom. The van der Waals surface area contributed by atoms with E-state index in [-0.39, 0.29) is 19.1 Å². The average molecular weight is 262 g/mol. The monoisotopic (exact) mass is 262 g/mol. The number of aryl methyl sites for hydroxylation is 1. The van der Waals surface area contributed by atoms with Gasteiger partial charge in [-0.05, 0) is 18.1 Å². The summed E-state index contributed by atoms with van der Waals surface area (Å²) >= 11 is 0.